The van der Waals surface area contributed by atoms with E-state index in [1.807, 2.05) is 0 Å². The highest BCUT2D eigenvalue weighted by molar-refractivity contribution is 5.71. The van der Waals surface area contributed by atoms with Crippen LogP contribution in [0.2, 0.25) is 0 Å². The Labute approximate surface area is 399 Å². The van der Waals surface area contributed by atoms with E-state index in [9.17, 15) is 14.4 Å². The van der Waals surface area contributed by atoms with Crippen molar-refractivity contribution in [2.75, 3.05) is 13.2 Å². The van der Waals surface area contributed by atoms with Gasteiger partial charge in [-0.25, -0.2) is 0 Å². The van der Waals surface area contributed by atoms with Gasteiger partial charge in [-0.05, 0) is 25.2 Å². The van der Waals surface area contributed by atoms with Crippen LogP contribution in [0.5, 0.6) is 0 Å². The molecule has 0 amide bonds. The van der Waals surface area contributed by atoms with Crippen LogP contribution in [0.4, 0.5) is 0 Å². The quantitative estimate of drug-likeness (QED) is 0.0344. The lowest BCUT2D eigenvalue weighted by molar-refractivity contribution is -0.167. The molecule has 64 heavy (non-hydrogen) atoms. The monoisotopic (exact) mass is 905 g/mol. The highest BCUT2D eigenvalue weighted by Crippen LogP contribution is 2.18. The molecule has 0 aliphatic heterocycles. The Bertz CT molecular complexity index is 964. The van der Waals surface area contributed by atoms with E-state index in [-0.39, 0.29) is 31.1 Å². The molecule has 6 nitrogen and oxygen atoms in total. The maximum absolute atomic E-state index is 12.8. The van der Waals surface area contributed by atoms with Crippen molar-refractivity contribution < 1.29 is 28.6 Å². The molecular weight excluding hydrogens is 793 g/mol. The maximum atomic E-state index is 12.8. The molecule has 0 radical (unpaired) electrons. The average molecular weight is 906 g/mol. The second-order valence-corrected chi connectivity index (χ2v) is 20.4. The molecule has 0 saturated carbocycles. The van der Waals surface area contributed by atoms with Gasteiger partial charge in [0.2, 0.25) is 0 Å². The molecule has 0 saturated heterocycles. The number of carbonyl (C=O) groups excluding carboxylic acids is 3. The molecule has 380 valence electrons. The van der Waals surface area contributed by atoms with E-state index in [1.54, 1.807) is 0 Å². The lowest BCUT2D eigenvalue weighted by Crippen LogP contribution is -2.30. The summed E-state index contributed by atoms with van der Waals surface area (Å²) in [4.78, 5) is 38.1. The highest BCUT2D eigenvalue weighted by atomic mass is 16.6. The minimum absolute atomic E-state index is 0.0624. The van der Waals surface area contributed by atoms with Crippen LogP contribution in [0.25, 0.3) is 0 Å². The predicted molar refractivity (Wildman–Crippen MR) is 275 cm³/mol. The second kappa shape index (κ2) is 52.4. The smallest absolute Gasteiger partial charge is 0.306 e. The van der Waals surface area contributed by atoms with Gasteiger partial charge in [0, 0.05) is 19.3 Å². The van der Waals surface area contributed by atoms with Crippen LogP contribution in [0.15, 0.2) is 0 Å². The summed E-state index contributed by atoms with van der Waals surface area (Å²) < 4.78 is 16.9. The summed E-state index contributed by atoms with van der Waals surface area (Å²) in [6, 6.07) is 0. The van der Waals surface area contributed by atoms with Crippen LogP contribution in [-0.4, -0.2) is 37.2 Å². The lowest BCUT2D eigenvalue weighted by atomic mass is 10.0. The van der Waals surface area contributed by atoms with Gasteiger partial charge < -0.3 is 14.2 Å². The third-order valence-electron chi connectivity index (χ3n) is 13.3. The Kier molecular flexibility index (Phi) is 51.1. The van der Waals surface area contributed by atoms with Crippen LogP contribution < -0.4 is 0 Å². The minimum Gasteiger partial charge on any atom is -0.462 e. The largest absolute Gasteiger partial charge is 0.462 e. The zero-order chi connectivity index (χ0) is 46.7. The van der Waals surface area contributed by atoms with Gasteiger partial charge in [-0.3, -0.25) is 14.4 Å². The fourth-order valence-corrected chi connectivity index (χ4v) is 8.92. The number of unbranched alkanes of at least 4 members (excludes halogenated alkanes) is 40. The molecule has 0 bridgehead atoms. The van der Waals surface area contributed by atoms with E-state index < -0.39 is 6.10 Å². The van der Waals surface area contributed by atoms with Crippen molar-refractivity contribution in [3.8, 4) is 0 Å². The number of ether oxygens (including phenoxy) is 3. The van der Waals surface area contributed by atoms with Gasteiger partial charge in [0.15, 0.2) is 6.10 Å². The molecule has 0 spiro atoms. The van der Waals surface area contributed by atoms with Crippen LogP contribution in [0.3, 0.4) is 0 Å². The summed E-state index contributed by atoms with van der Waals surface area (Å²) in [6.07, 6.45) is 56.7. The van der Waals surface area contributed by atoms with E-state index in [2.05, 4.69) is 27.7 Å². The molecule has 0 N–H and O–H groups in total. The fraction of sp³-hybridized carbons (Fsp3) is 0.948. The second-order valence-electron chi connectivity index (χ2n) is 20.4. The Balaban J connectivity index is 4.25. The van der Waals surface area contributed by atoms with Crippen molar-refractivity contribution in [2.24, 2.45) is 5.92 Å². The summed E-state index contributed by atoms with van der Waals surface area (Å²) in [5.41, 5.74) is 0. The SMILES string of the molecule is CCCCCCCCCCCCCCCCCCCCCC(=O)OC[C@H](COC(=O)CCCCCCCCCCCCCCCCC)OC(=O)CCCCCCCCCCCC(C)C. The van der Waals surface area contributed by atoms with Crippen molar-refractivity contribution in [3.63, 3.8) is 0 Å². The summed E-state index contributed by atoms with van der Waals surface area (Å²) in [6.45, 7) is 9.03. The molecule has 0 unspecified atom stereocenters. The highest BCUT2D eigenvalue weighted by Gasteiger charge is 2.19. The molecule has 0 aromatic carbocycles. The Morgan fingerprint density at radius 2 is 0.516 bits per heavy atom. The average Bonchev–Trinajstić information content (AvgIpc) is 3.28. The van der Waals surface area contributed by atoms with Gasteiger partial charge in [0.05, 0.1) is 0 Å². The van der Waals surface area contributed by atoms with Crippen molar-refractivity contribution >= 4 is 17.9 Å². The third kappa shape index (κ3) is 51.4. The first-order valence-corrected chi connectivity index (χ1v) is 28.9. The Hall–Kier alpha value is -1.59. The number of carbonyl (C=O) groups is 3. The number of hydrogen-bond acceptors (Lipinski definition) is 6. The van der Waals surface area contributed by atoms with Gasteiger partial charge in [0.1, 0.15) is 13.2 Å². The van der Waals surface area contributed by atoms with Gasteiger partial charge in [0.25, 0.3) is 0 Å². The summed E-state index contributed by atoms with van der Waals surface area (Å²) in [5, 5.41) is 0. The van der Waals surface area contributed by atoms with Crippen LogP contribution in [0, 0.1) is 5.92 Å². The molecule has 0 aromatic rings. The lowest BCUT2D eigenvalue weighted by Gasteiger charge is -2.18. The molecule has 0 aliphatic rings. The first-order chi connectivity index (χ1) is 31.4. The van der Waals surface area contributed by atoms with E-state index in [4.69, 9.17) is 14.2 Å². The van der Waals surface area contributed by atoms with Gasteiger partial charge >= 0.3 is 17.9 Å². The summed E-state index contributed by atoms with van der Waals surface area (Å²) >= 11 is 0. The van der Waals surface area contributed by atoms with E-state index in [0.717, 1.165) is 63.7 Å². The third-order valence-corrected chi connectivity index (χ3v) is 13.3. The molecule has 0 fully saturated rings. The zero-order valence-electron chi connectivity index (χ0n) is 43.8. The van der Waals surface area contributed by atoms with Crippen molar-refractivity contribution in [1.29, 1.82) is 0 Å². The number of esters is 3. The minimum atomic E-state index is -0.762. The summed E-state index contributed by atoms with van der Waals surface area (Å²) in [7, 11) is 0. The molecule has 1 atom stereocenters. The van der Waals surface area contributed by atoms with E-state index in [1.165, 1.54) is 225 Å². The van der Waals surface area contributed by atoms with Crippen LogP contribution >= 0.6 is 0 Å². The molecule has 0 aromatic heterocycles. The maximum Gasteiger partial charge on any atom is 0.306 e. The van der Waals surface area contributed by atoms with E-state index in [0.29, 0.717) is 19.3 Å². The van der Waals surface area contributed by atoms with Crippen LogP contribution in [0.1, 0.15) is 329 Å². The number of hydrogen-bond donors (Lipinski definition) is 0. The first kappa shape index (κ1) is 62.4. The van der Waals surface area contributed by atoms with Gasteiger partial charge in [-0.1, -0.05) is 291 Å². The number of rotatable bonds is 53. The molecule has 0 rings (SSSR count). The van der Waals surface area contributed by atoms with Crippen molar-refractivity contribution in [2.45, 2.75) is 336 Å². The van der Waals surface area contributed by atoms with E-state index >= 15 is 0 Å². The zero-order valence-corrected chi connectivity index (χ0v) is 43.8. The Morgan fingerprint density at radius 3 is 0.766 bits per heavy atom. The molecule has 0 aliphatic carbocycles. The Morgan fingerprint density at radius 1 is 0.297 bits per heavy atom. The normalized spacial score (nSPS) is 12.0. The van der Waals surface area contributed by atoms with Crippen molar-refractivity contribution in [1.82, 2.24) is 0 Å². The molecule has 0 heterocycles. The van der Waals surface area contributed by atoms with Gasteiger partial charge in [-0.15, -0.1) is 0 Å². The predicted octanol–water partition coefficient (Wildman–Crippen LogP) is 19.0. The first-order valence-electron chi connectivity index (χ1n) is 28.9. The van der Waals surface area contributed by atoms with Crippen molar-refractivity contribution in [3.05, 3.63) is 0 Å². The topological polar surface area (TPSA) is 78.9 Å². The fourth-order valence-electron chi connectivity index (χ4n) is 8.92. The van der Waals surface area contributed by atoms with Gasteiger partial charge in [-0.2, -0.15) is 0 Å². The molecule has 6 heteroatoms. The standard InChI is InChI=1S/C58H112O6/c1-5-7-9-11-13-15-17-19-21-22-23-24-26-28-30-34-38-42-46-50-57(60)63-53-55(64-58(61)51-47-43-39-35-31-32-36-40-44-48-54(3)4)52-62-56(59)49-45-41-37-33-29-27-25-20-18-16-14-12-10-8-6-2/h54-55H,5-53H2,1-4H3/t55-/m0/s1. The summed E-state index contributed by atoms with van der Waals surface area (Å²) in [5.74, 6) is -0.0322. The van der Waals surface area contributed by atoms with Crippen LogP contribution in [-0.2, 0) is 28.6 Å². The molecular formula is C58H112O6.